The summed E-state index contributed by atoms with van der Waals surface area (Å²) in [6.45, 7) is 2.40. The highest BCUT2D eigenvalue weighted by molar-refractivity contribution is 9.10. The van der Waals surface area contributed by atoms with Crippen LogP contribution in [0, 0.1) is 5.92 Å². The maximum atomic E-state index is 13.4. The van der Waals surface area contributed by atoms with E-state index in [2.05, 4.69) is 39.0 Å². The number of nitrogens with two attached hydrogens (primary N) is 1. The quantitative estimate of drug-likeness (QED) is 0.835. The molecule has 0 spiro atoms. The molecule has 1 aromatic rings. The maximum Gasteiger partial charge on any atom is 0.233 e. The molecule has 2 fully saturated rings. The molecule has 5 heteroatoms. The summed E-state index contributed by atoms with van der Waals surface area (Å²) in [4.78, 5) is 15.4. The Balaban J connectivity index is 0.00000192. The standard InChI is InChI=1S/C18H25BrN2O.ClH/c19-16-6-4-5-15(11-16)18(8-2-1-3-9-18)17(22)21-10-7-14(12-20)13-21;/h4-6,11,14H,1-3,7-10,12-13,20H2;1H. The molecule has 1 unspecified atom stereocenters. The highest BCUT2D eigenvalue weighted by atomic mass is 79.9. The summed E-state index contributed by atoms with van der Waals surface area (Å²) < 4.78 is 1.06. The molecule has 1 aliphatic carbocycles. The lowest BCUT2D eigenvalue weighted by atomic mass is 9.68. The largest absolute Gasteiger partial charge is 0.342 e. The summed E-state index contributed by atoms with van der Waals surface area (Å²) in [7, 11) is 0. The molecular weight excluding hydrogens is 376 g/mol. The maximum absolute atomic E-state index is 13.4. The lowest BCUT2D eigenvalue weighted by Gasteiger charge is -2.39. The number of likely N-dealkylation sites (tertiary alicyclic amines) is 1. The molecule has 23 heavy (non-hydrogen) atoms. The summed E-state index contributed by atoms with van der Waals surface area (Å²) in [5.74, 6) is 0.813. The van der Waals surface area contributed by atoms with Gasteiger partial charge in [0.25, 0.3) is 0 Å². The van der Waals surface area contributed by atoms with Crippen molar-refractivity contribution in [3.05, 3.63) is 34.3 Å². The number of hydrogen-bond acceptors (Lipinski definition) is 2. The highest BCUT2D eigenvalue weighted by Gasteiger charge is 2.44. The van der Waals surface area contributed by atoms with E-state index in [0.29, 0.717) is 18.4 Å². The first-order chi connectivity index (χ1) is 10.7. The Morgan fingerprint density at radius 3 is 2.65 bits per heavy atom. The lowest BCUT2D eigenvalue weighted by Crippen LogP contribution is -2.47. The lowest BCUT2D eigenvalue weighted by molar-refractivity contribution is -0.138. The molecule has 1 aromatic carbocycles. The second-order valence-electron chi connectivity index (χ2n) is 6.79. The third kappa shape index (κ3) is 3.75. The zero-order valence-electron chi connectivity index (χ0n) is 13.5. The summed E-state index contributed by atoms with van der Waals surface area (Å²) in [6.07, 6.45) is 6.54. The molecular formula is C18H26BrClN2O. The van der Waals surface area contributed by atoms with Crippen LogP contribution in [-0.4, -0.2) is 30.4 Å². The Hall–Kier alpha value is -0.580. The van der Waals surface area contributed by atoms with Gasteiger partial charge in [0.2, 0.25) is 5.91 Å². The molecule has 3 rings (SSSR count). The molecule has 0 radical (unpaired) electrons. The zero-order chi connectivity index (χ0) is 15.6. The van der Waals surface area contributed by atoms with Crippen LogP contribution in [0.15, 0.2) is 28.7 Å². The fourth-order valence-electron chi connectivity index (χ4n) is 4.08. The number of nitrogens with zero attached hydrogens (tertiary/aromatic N) is 1. The molecule has 1 atom stereocenters. The van der Waals surface area contributed by atoms with E-state index in [1.165, 1.54) is 12.0 Å². The number of rotatable bonds is 3. The molecule has 2 aliphatic rings. The second kappa shape index (κ2) is 8.00. The Kier molecular flexibility index (Phi) is 6.52. The molecule has 1 amide bonds. The smallest absolute Gasteiger partial charge is 0.233 e. The Morgan fingerprint density at radius 2 is 2.04 bits per heavy atom. The first-order valence-corrected chi connectivity index (χ1v) is 9.20. The minimum Gasteiger partial charge on any atom is -0.342 e. The van der Waals surface area contributed by atoms with E-state index in [1.807, 2.05) is 6.07 Å². The van der Waals surface area contributed by atoms with Crippen molar-refractivity contribution >= 4 is 34.2 Å². The second-order valence-corrected chi connectivity index (χ2v) is 7.71. The molecule has 0 bridgehead atoms. The van der Waals surface area contributed by atoms with Gasteiger partial charge in [-0.2, -0.15) is 0 Å². The first kappa shape index (κ1) is 18.8. The van der Waals surface area contributed by atoms with Gasteiger partial charge in [-0.25, -0.2) is 0 Å². The SMILES string of the molecule is Cl.NCC1CCN(C(=O)C2(c3cccc(Br)c3)CCCCC2)C1. The molecule has 1 heterocycles. The highest BCUT2D eigenvalue weighted by Crippen LogP contribution is 2.42. The monoisotopic (exact) mass is 400 g/mol. The third-order valence-corrected chi connectivity index (χ3v) is 5.89. The van der Waals surface area contributed by atoms with Gasteiger partial charge < -0.3 is 10.6 Å². The van der Waals surface area contributed by atoms with E-state index >= 15 is 0 Å². The van der Waals surface area contributed by atoms with Crippen molar-refractivity contribution in [3.63, 3.8) is 0 Å². The number of amides is 1. The number of halogens is 2. The van der Waals surface area contributed by atoms with E-state index in [9.17, 15) is 4.79 Å². The molecule has 1 aliphatic heterocycles. The molecule has 128 valence electrons. The van der Waals surface area contributed by atoms with Crippen molar-refractivity contribution in [2.24, 2.45) is 11.7 Å². The van der Waals surface area contributed by atoms with Crippen LogP contribution in [0.1, 0.15) is 44.1 Å². The predicted molar refractivity (Wildman–Crippen MR) is 99.9 cm³/mol. The summed E-state index contributed by atoms with van der Waals surface area (Å²) in [5.41, 5.74) is 6.66. The van der Waals surface area contributed by atoms with E-state index in [-0.39, 0.29) is 17.8 Å². The Labute approximate surface area is 153 Å². The zero-order valence-corrected chi connectivity index (χ0v) is 15.9. The molecule has 3 nitrogen and oxygen atoms in total. The van der Waals surface area contributed by atoms with Crippen molar-refractivity contribution < 1.29 is 4.79 Å². The topological polar surface area (TPSA) is 46.3 Å². The Bertz CT molecular complexity index is 546. The molecule has 1 saturated carbocycles. The van der Waals surface area contributed by atoms with Gasteiger partial charge in [0.05, 0.1) is 5.41 Å². The van der Waals surface area contributed by atoms with Crippen LogP contribution in [-0.2, 0) is 10.2 Å². The van der Waals surface area contributed by atoms with Crippen LogP contribution in [0.3, 0.4) is 0 Å². The van der Waals surface area contributed by atoms with Crippen LogP contribution in [0.4, 0.5) is 0 Å². The number of hydrogen-bond donors (Lipinski definition) is 1. The van der Waals surface area contributed by atoms with Crippen LogP contribution in [0.25, 0.3) is 0 Å². The van der Waals surface area contributed by atoms with Gasteiger partial charge in [-0.05, 0) is 49.4 Å². The van der Waals surface area contributed by atoms with Crippen LogP contribution < -0.4 is 5.73 Å². The predicted octanol–water partition coefficient (Wildman–Crippen LogP) is 3.88. The molecule has 0 aromatic heterocycles. The first-order valence-electron chi connectivity index (χ1n) is 8.41. The summed E-state index contributed by atoms with van der Waals surface area (Å²) in [5, 5.41) is 0. The number of benzene rings is 1. The third-order valence-electron chi connectivity index (χ3n) is 5.40. The fourth-order valence-corrected chi connectivity index (χ4v) is 4.48. The normalized spacial score (nSPS) is 23.4. The molecule has 2 N–H and O–H groups in total. The van der Waals surface area contributed by atoms with Crippen molar-refractivity contribution in [1.29, 1.82) is 0 Å². The van der Waals surface area contributed by atoms with Gasteiger partial charge in [-0.3, -0.25) is 4.79 Å². The van der Waals surface area contributed by atoms with Crippen LogP contribution in [0.5, 0.6) is 0 Å². The van der Waals surface area contributed by atoms with Gasteiger partial charge in [0.15, 0.2) is 0 Å². The minimum atomic E-state index is -0.314. The Morgan fingerprint density at radius 1 is 1.30 bits per heavy atom. The van der Waals surface area contributed by atoms with Gasteiger partial charge in [-0.1, -0.05) is 47.3 Å². The van der Waals surface area contributed by atoms with Crippen LogP contribution >= 0.6 is 28.3 Å². The summed E-state index contributed by atoms with van der Waals surface area (Å²) in [6, 6.07) is 8.35. The average molecular weight is 402 g/mol. The van der Waals surface area contributed by atoms with E-state index < -0.39 is 0 Å². The molecule has 1 saturated heterocycles. The van der Waals surface area contributed by atoms with Crippen molar-refractivity contribution in [3.8, 4) is 0 Å². The van der Waals surface area contributed by atoms with Crippen LogP contribution in [0.2, 0.25) is 0 Å². The van der Waals surface area contributed by atoms with Gasteiger partial charge in [-0.15, -0.1) is 12.4 Å². The summed E-state index contributed by atoms with van der Waals surface area (Å²) >= 11 is 3.56. The van der Waals surface area contributed by atoms with Gasteiger partial charge >= 0.3 is 0 Å². The van der Waals surface area contributed by atoms with Crippen molar-refractivity contribution in [1.82, 2.24) is 4.90 Å². The number of carbonyl (C=O) groups excluding carboxylic acids is 1. The average Bonchev–Trinajstić information content (AvgIpc) is 3.04. The van der Waals surface area contributed by atoms with Gasteiger partial charge in [0.1, 0.15) is 0 Å². The fraction of sp³-hybridized carbons (Fsp3) is 0.611. The van der Waals surface area contributed by atoms with E-state index in [0.717, 1.165) is 49.7 Å². The van der Waals surface area contributed by atoms with Crippen molar-refractivity contribution in [2.75, 3.05) is 19.6 Å². The number of carbonyl (C=O) groups is 1. The van der Waals surface area contributed by atoms with Crippen molar-refractivity contribution in [2.45, 2.75) is 43.9 Å². The van der Waals surface area contributed by atoms with Gasteiger partial charge in [0, 0.05) is 17.6 Å². The van der Waals surface area contributed by atoms with E-state index in [4.69, 9.17) is 5.73 Å². The minimum absolute atomic E-state index is 0. The van der Waals surface area contributed by atoms with E-state index in [1.54, 1.807) is 0 Å².